The average Bonchev–Trinajstić information content (AvgIpc) is 2.37. The molecule has 0 spiro atoms. The van der Waals surface area contributed by atoms with Crippen LogP contribution in [0.25, 0.3) is 0 Å². The van der Waals surface area contributed by atoms with Crippen LogP contribution >= 0.6 is 0 Å². The van der Waals surface area contributed by atoms with Crippen molar-refractivity contribution < 1.29 is 0 Å². The number of rotatable bonds is 6. The van der Waals surface area contributed by atoms with Crippen LogP contribution in [0.2, 0.25) is 0 Å². The SMILES string of the molecule is CCc1ccc(CN(C)C(C(N)CC)C(C)(C)C)cc1. The predicted octanol–water partition coefficient (Wildman–Crippen LogP) is 3.83. The second kappa shape index (κ2) is 7.24. The molecule has 1 aromatic rings. The van der Waals surface area contributed by atoms with E-state index < -0.39 is 0 Å². The number of benzene rings is 1. The van der Waals surface area contributed by atoms with Gasteiger partial charge in [-0.15, -0.1) is 0 Å². The summed E-state index contributed by atoms with van der Waals surface area (Å²) in [6.45, 7) is 12.2. The van der Waals surface area contributed by atoms with Crippen molar-refractivity contribution in [2.24, 2.45) is 11.1 Å². The summed E-state index contributed by atoms with van der Waals surface area (Å²) in [5.41, 5.74) is 9.31. The number of hydrogen-bond donors (Lipinski definition) is 1. The zero-order chi connectivity index (χ0) is 15.3. The van der Waals surface area contributed by atoms with Gasteiger partial charge in [0.05, 0.1) is 0 Å². The van der Waals surface area contributed by atoms with Crippen LogP contribution in [-0.4, -0.2) is 24.0 Å². The van der Waals surface area contributed by atoms with Crippen LogP contribution in [0.15, 0.2) is 24.3 Å². The Balaban J connectivity index is 2.82. The third-order valence-electron chi connectivity index (χ3n) is 4.10. The van der Waals surface area contributed by atoms with Crippen LogP contribution in [0.4, 0.5) is 0 Å². The molecule has 0 radical (unpaired) electrons. The first-order valence-corrected chi connectivity index (χ1v) is 7.83. The lowest BCUT2D eigenvalue weighted by Crippen LogP contribution is -2.52. The molecule has 0 aliphatic rings. The van der Waals surface area contributed by atoms with E-state index in [0.29, 0.717) is 6.04 Å². The molecule has 0 heterocycles. The van der Waals surface area contributed by atoms with E-state index in [1.807, 2.05) is 0 Å². The van der Waals surface area contributed by atoms with Crippen LogP contribution in [0.1, 0.15) is 52.2 Å². The van der Waals surface area contributed by atoms with Crippen LogP contribution in [0.5, 0.6) is 0 Å². The molecule has 2 N–H and O–H groups in total. The highest BCUT2D eigenvalue weighted by Crippen LogP contribution is 2.27. The van der Waals surface area contributed by atoms with E-state index in [2.05, 4.69) is 70.8 Å². The molecule has 1 rings (SSSR count). The summed E-state index contributed by atoms with van der Waals surface area (Å²) in [6, 6.07) is 9.55. The fourth-order valence-corrected chi connectivity index (χ4v) is 3.12. The smallest absolute Gasteiger partial charge is 0.0295 e. The first-order chi connectivity index (χ1) is 9.29. The van der Waals surface area contributed by atoms with Gasteiger partial charge < -0.3 is 5.73 Å². The van der Waals surface area contributed by atoms with Gasteiger partial charge >= 0.3 is 0 Å². The molecule has 0 fully saturated rings. The maximum Gasteiger partial charge on any atom is 0.0295 e. The summed E-state index contributed by atoms with van der Waals surface area (Å²) >= 11 is 0. The molecule has 2 atom stereocenters. The van der Waals surface area contributed by atoms with Crippen molar-refractivity contribution in [1.29, 1.82) is 0 Å². The minimum absolute atomic E-state index is 0.188. The quantitative estimate of drug-likeness (QED) is 0.855. The Hall–Kier alpha value is -0.860. The van der Waals surface area contributed by atoms with Crippen LogP contribution in [0.3, 0.4) is 0 Å². The molecule has 2 nitrogen and oxygen atoms in total. The minimum atomic E-state index is 0.188. The highest BCUT2D eigenvalue weighted by molar-refractivity contribution is 5.22. The van der Waals surface area contributed by atoms with Gasteiger partial charge in [0, 0.05) is 18.6 Å². The first kappa shape index (κ1) is 17.2. The number of nitrogens with zero attached hydrogens (tertiary/aromatic N) is 1. The minimum Gasteiger partial charge on any atom is -0.326 e. The number of hydrogen-bond acceptors (Lipinski definition) is 2. The van der Waals surface area contributed by atoms with Gasteiger partial charge in [0.1, 0.15) is 0 Å². The fraction of sp³-hybridized carbons (Fsp3) is 0.667. The number of likely N-dealkylation sites (N-methyl/N-ethyl adjacent to an activating group) is 1. The van der Waals surface area contributed by atoms with E-state index in [4.69, 9.17) is 5.73 Å². The topological polar surface area (TPSA) is 29.3 Å². The van der Waals surface area contributed by atoms with Crippen molar-refractivity contribution in [3.05, 3.63) is 35.4 Å². The Morgan fingerprint density at radius 1 is 1.05 bits per heavy atom. The summed E-state index contributed by atoms with van der Waals surface area (Å²) in [5.74, 6) is 0. The summed E-state index contributed by atoms with van der Waals surface area (Å²) in [5, 5.41) is 0. The lowest BCUT2D eigenvalue weighted by molar-refractivity contribution is 0.0939. The standard InChI is InChI=1S/C18H32N2/c1-7-14-9-11-15(12-10-14)13-20(6)17(16(19)8-2)18(3,4)5/h9-12,16-17H,7-8,13,19H2,1-6H3. The Labute approximate surface area is 125 Å². The van der Waals surface area contributed by atoms with E-state index in [-0.39, 0.29) is 11.5 Å². The molecular formula is C18H32N2. The van der Waals surface area contributed by atoms with Crippen molar-refractivity contribution in [3.63, 3.8) is 0 Å². The molecule has 0 aromatic heterocycles. The number of nitrogens with two attached hydrogens (primary N) is 1. The first-order valence-electron chi connectivity index (χ1n) is 7.83. The normalized spacial score (nSPS) is 15.4. The van der Waals surface area contributed by atoms with Gasteiger partial charge in [-0.3, -0.25) is 4.90 Å². The van der Waals surface area contributed by atoms with Crippen molar-refractivity contribution in [2.75, 3.05) is 7.05 Å². The molecule has 2 heteroatoms. The fourth-order valence-electron chi connectivity index (χ4n) is 3.12. The molecule has 114 valence electrons. The Morgan fingerprint density at radius 3 is 1.95 bits per heavy atom. The Morgan fingerprint density at radius 2 is 1.55 bits per heavy atom. The summed E-state index contributed by atoms with van der Waals surface area (Å²) in [4.78, 5) is 2.41. The third-order valence-corrected chi connectivity index (χ3v) is 4.10. The molecule has 0 saturated carbocycles. The van der Waals surface area contributed by atoms with Crippen molar-refractivity contribution in [2.45, 2.75) is 66.1 Å². The van der Waals surface area contributed by atoms with Crippen LogP contribution < -0.4 is 5.73 Å². The van der Waals surface area contributed by atoms with E-state index in [9.17, 15) is 0 Å². The maximum absolute atomic E-state index is 6.36. The maximum atomic E-state index is 6.36. The van der Waals surface area contributed by atoms with Gasteiger partial charge in [0.25, 0.3) is 0 Å². The Bertz CT molecular complexity index is 389. The predicted molar refractivity (Wildman–Crippen MR) is 88.8 cm³/mol. The molecule has 2 unspecified atom stereocenters. The highest BCUT2D eigenvalue weighted by atomic mass is 15.2. The molecule has 20 heavy (non-hydrogen) atoms. The monoisotopic (exact) mass is 276 g/mol. The zero-order valence-electron chi connectivity index (χ0n) is 14.1. The lowest BCUT2D eigenvalue weighted by atomic mass is 9.80. The van der Waals surface area contributed by atoms with Gasteiger partial charge in [-0.25, -0.2) is 0 Å². The second-order valence-electron chi connectivity index (χ2n) is 6.97. The van der Waals surface area contributed by atoms with Crippen LogP contribution in [0, 0.1) is 5.41 Å². The van der Waals surface area contributed by atoms with Crippen LogP contribution in [-0.2, 0) is 13.0 Å². The zero-order valence-corrected chi connectivity index (χ0v) is 14.1. The van der Waals surface area contributed by atoms with Gasteiger partial charge in [0.15, 0.2) is 0 Å². The Kier molecular flexibility index (Phi) is 6.22. The van der Waals surface area contributed by atoms with E-state index >= 15 is 0 Å². The average molecular weight is 276 g/mol. The van der Waals surface area contributed by atoms with Crippen molar-refractivity contribution in [1.82, 2.24) is 4.90 Å². The molecule has 0 bridgehead atoms. The van der Waals surface area contributed by atoms with Gasteiger partial charge in [-0.1, -0.05) is 58.9 Å². The molecule has 0 amide bonds. The van der Waals surface area contributed by atoms with Gasteiger partial charge in [-0.05, 0) is 36.4 Å². The van der Waals surface area contributed by atoms with Crippen molar-refractivity contribution >= 4 is 0 Å². The largest absolute Gasteiger partial charge is 0.326 e. The summed E-state index contributed by atoms with van der Waals surface area (Å²) in [6.07, 6.45) is 2.11. The van der Waals surface area contributed by atoms with E-state index in [0.717, 1.165) is 19.4 Å². The molecule has 0 aliphatic carbocycles. The van der Waals surface area contributed by atoms with E-state index in [1.165, 1.54) is 11.1 Å². The highest BCUT2D eigenvalue weighted by Gasteiger charge is 2.32. The van der Waals surface area contributed by atoms with E-state index in [1.54, 1.807) is 0 Å². The lowest BCUT2D eigenvalue weighted by Gasteiger charge is -2.41. The summed E-state index contributed by atoms with van der Waals surface area (Å²) in [7, 11) is 2.19. The molecule has 0 aliphatic heterocycles. The third kappa shape index (κ3) is 4.60. The number of aryl methyl sites for hydroxylation is 1. The van der Waals surface area contributed by atoms with Gasteiger partial charge in [0.2, 0.25) is 0 Å². The van der Waals surface area contributed by atoms with Gasteiger partial charge in [-0.2, -0.15) is 0 Å². The molecule has 0 saturated heterocycles. The second-order valence-corrected chi connectivity index (χ2v) is 6.97. The molecular weight excluding hydrogens is 244 g/mol. The summed E-state index contributed by atoms with van der Waals surface area (Å²) < 4.78 is 0. The molecule has 1 aromatic carbocycles. The van der Waals surface area contributed by atoms with Crippen molar-refractivity contribution in [3.8, 4) is 0 Å².